The summed E-state index contributed by atoms with van der Waals surface area (Å²) in [7, 11) is 0. The Labute approximate surface area is 101 Å². The number of hydrogen-bond donors (Lipinski definition) is 2. The molecule has 0 saturated heterocycles. The van der Waals surface area contributed by atoms with E-state index >= 15 is 0 Å². The molecule has 0 bridgehead atoms. The molecule has 1 unspecified atom stereocenters. The number of thioether (sulfide) groups is 1. The van der Waals surface area contributed by atoms with Gasteiger partial charge in [-0.1, -0.05) is 20.3 Å². The molecule has 0 aromatic carbocycles. The van der Waals surface area contributed by atoms with Crippen molar-refractivity contribution in [2.75, 3.05) is 18.1 Å². The Bertz CT molecular complexity index is 221. The molecule has 0 heterocycles. The number of nitrogens with one attached hydrogen (secondary N) is 1. The van der Waals surface area contributed by atoms with Gasteiger partial charge in [0.05, 0.1) is 6.42 Å². The highest BCUT2D eigenvalue weighted by atomic mass is 32.2. The zero-order chi connectivity index (χ0) is 12.4. The number of rotatable bonds is 9. The molecule has 0 aromatic heterocycles. The topological polar surface area (TPSA) is 66.4 Å². The summed E-state index contributed by atoms with van der Waals surface area (Å²) in [5.41, 5.74) is 0. The Hall–Kier alpha value is -0.710. The maximum absolute atomic E-state index is 11.5. The summed E-state index contributed by atoms with van der Waals surface area (Å²) < 4.78 is 0. The van der Waals surface area contributed by atoms with Crippen molar-refractivity contribution in [3.8, 4) is 0 Å². The molecular formula is C11H21NO3S. The zero-order valence-electron chi connectivity index (χ0n) is 9.99. The lowest BCUT2D eigenvalue weighted by atomic mass is 10.1. The van der Waals surface area contributed by atoms with Crippen molar-refractivity contribution in [3.63, 3.8) is 0 Å². The number of carbonyl (C=O) groups excluding carboxylic acids is 1. The fourth-order valence-electron chi connectivity index (χ4n) is 1.25. The molecule has 4 nitrogen and oxygen atoms in total. The summed E-state index contributed by atoms with van der Waals surface area (Å²) in [4.78, 5) is 21.7. The number of aliphatic carboxylic acids is 1. The maximum atomic E-state index is 11.5. The first-order chi connectivity index (χ1) is 7.57. The quantitative estimate of drug-likeness (QED) is 0.609. The van der Waals surface area contributed by atoms with E-state index in [9.17, 15) is 9.59 Å². The molecule has 94 valence electrons. The number of hydrogen-bond acceptors (Lipinski definition) is 3. The minimum absolute atomic E-state index is 0.0778. The molecule has 0 saturated carbocycles. The molecule has 0 aliphatic carbocycles. The number of carboxylic acid groups (broad SMARTS) is 1. The minimum Gasteiger partial charge on any atom is -0.481 e. The minimum atomic E-state index is -0.770. The SMILES string of the molecule is CCCC(C)C(=O)NCCSCCC(=O)O. The second kappa shape index (κ2) is 9.51. The highest BCUT2D eigenvalue weighted by Gasteiger charge is 2.10. The van der Waals surface area contributed by atoms with Crippen LogP contribution in [0.15, 0.2) is 0 Å². The van der Waals surface area contributed by atoms with Crippen molar-refractivity contribution >= 4 is 23.6 Å². The molecule has 5 heteroatoms. The summed E-state index contributed by atoms with van der Waals surface area (Å²) in [6.07, 6.45) is 2.12. The number of carbonyl (C=O) groups is 2. The average Bonchev–Trinajstić information content (AvgIpc) is 2.22. The molecule has 0 spiro atoms. The standard InChI is InChI=1S/C11H21NO3S/c1-3-4-9(2)11(15)12-6-8-16-7-5-10(13)14/h9H,3-8H2,1-2H3,(H,12,15)(H,13,14). The average molecular weight is 247 g/mol. The van der Waals surface area contributed by atoms with E-state index in [1.54, 1.807) is 11.8 Å². The van der Waals surface area contributed by atoms with Gasteiger partial charge in [-0.3, -0.25) is 9.59 Å². The van der Waals surface area contributed by atoms with Crippen LogP contribution in [0.2, 0.25) is 0 Å². The van der Waals surface area contributed by atoms with Gasteiger partial charge in [0.2, 0.25) is 5.91 Å². The van der Waals surface area contributed by atoms with Crippen LogP contribution in [0.25, 0.3) is 0 Å². The lowest BCUT2D eigenvalue weighted by Crippen LogP contribution is -2.30. The molecular weight excluding hydrogens is 226 g/mol. The third-order valence-corrected chi connectivity index (χ3v) is 3.16. The van der Waals surface area contributed by atoms with Crippen molar-refractivity contribution in [2.45, 2.75) is 33.1 Å². The summed E-state index contributed by atoms with van der Waals surface area (Å²) in [6.45, 7) is 4.61. The number of amides is 1. The van der Waals surface area contributed by atoms with Gasteiger partial charge in [0.25, 0.3) is 0 Å². The van der Waals surface area contributed by atoms with E-state index in [0.717, 1.165) is 18.6 Å². The predicted octanol–water partition coefficient (Wildman–Crippen LogP) is 1.75. The van der Waals surface area contributed by atoms with Crippen LogP contribution in [0.1, 0.15) is 33.1 Å². The van der Waals surface area contributed by atoms with Crippen LogP contribution in [0.3, 0.4) is 0 Å². The smallest absolute Gasteiger partial charge is 0.304 e. The molecule has 0 fully saturated rings. The monoisotopic (exact) mass is 247 g/mol. The van der Waals surface area contributed by atoms with E-state index in [0.29, 0.717) is 12.3 Å². The summed E-state index contributed by atoms with van der Waals surface area (Å²) in [5, 5.41) is 11.3. The number of carboxylic acids is 1. The van der Waals surface area contributed by atoms with Gasteiger partial charge < -0.3 is 10.4 Å². The Balaban J connectivity index is 3.37. The van der Waals surface area contributed by atoms with Crippen LogP contribution in [0.5, 0.6) is 0 Å². The predicted molar refractivity (Wildman–Crippen MR) is 66.7 cm³/mol. The largest absolute Gasteiger partial charge is 0.481 e. The van der Waals surface area contributed by atoms with Gasteiger partial charge in [-0.2, -0.15) is 11.8 Å². The van der Waals surface area contributed by atoms with Crippen LogP contribution in [0, 0.1) is 5.92 Å². The van der Waals surface area contributed by atoms with E-state index in [4.69, 9.17) is 5.11 Å². The van der Waals surface area contributed by atoms with Gasteiger partial charge in [0.1, 0.15) is 0 Å². The normalized spacial score (nSPS) is 12.1. The molecule has 16 heavy (non-hydrogen) atoms. The molecule has 0 aromatic rings. The molecule has 0 rings (SSSR count). The van der Waals surface area contributed by atoms with Crippen molar-refractivity contribution in [1.82, 2.24) is 5.32 Å². The van der Waals surface area contributed by atoms with E-state index in [2.05, 4.69) is 12.2 Å². The van der Waals surface area contributed by atoms with Gasteiger partial charge in [0.15, 0.2) is 0 Å². The molecule has 2 N–H and O–H groups in total. The van der Waals surface area contributed by atoms with E-state index in [1.807, 2.05) is 6.92 Å². The third kappa shape index (κ3) is 8.59. The summed E-state index contributed by atoms with van der Waals surface area (Å²) >= 11 is 1.55. The van der Waals surface area contributed by atoms with Gasteiger partial charge >= 0.3 is 5.97 Å². The molecule has 0 aliphatic rings. The van der Waals surface area contributed by atoms with E-state index < -0.39 is 5.97 Å². The van der Waals surface area contributed by atoms with Crippen molar-refractivity contribution in [3.05, 3.63) is 0 Å². The zero-order valence-corrected chi connectivity index (χ0v) is 10.8. The van der Waals surface area contributed by atoms with E-state index in [-0.39, 0.29) is 18.2 Å². The fourth-order valence-corrected chi connectivity index (χ4v) is 2.02. The van der Waals surface area contributed by atoms with Crippen LogP contribution in [-0.2, 0) is 9.59 Å². The second-order valence-corrected chi connectivity index (χ2v) is 4.96. The Morgan fingerprint density at radius 1 is 1.38 bits per heavy atom. The summed E-state index contributed by atoms with van der Waals surface area (Å²) in [6, 6.07) is 0. The van der Waals surface area contributed by atoms with Gasteiger partial charge in [0, 0.05) is 24.0 Å². The van der Waals surface area contributed by atoms with Crippen molar-refractivity contribution < 1.29 is 14.7 Å². The lowest BCUT2D eigenvalue weighted by Gasteiger charge is -2.10. The van der Waals surface area contributed by atoms with Crippen LogP contribution in [0.4, 0.5) is 0 Å². The first-order valence-electron chi connectivity index (χ1n) is 5.65. The highest BCUT2D eigenvalue weighted by molar-refractivity contribution is 7.99. The van der Waals surface area contributed by atoms with Crippen LogP contribution in [-0.4, -0.2) is 35.0 Å². The van der Waals surface area contributed by atoms with Crippen molar-refractivity contribution in [2.24, 2.45) is 5.92 Å². The molecule has 1 amide bonds. The lowest BCUT2D eigenvalue weighted by molar-refractivity contribution is -0.136. The Morgan fingerprint density at radius 2 is 2.06 bits per heavy atom. The highest BCUT2D eigenvalue weighted by Crippen LogP contribution is 2.05. The Kier molecular flexibility index (Phi) is 9.09. The van der Waals surface area contributed by atoms with Gasteiger partial charge in [-0.15, -0.1) is 0 Å². The van der Waals surface area contributed by atoms with Crippen LogP contribution < -0.4 is 5.32 Å². The molecule has 0 radical (unpaired) electrons. The summed E-state index contributed by atoms with van der Waals surface area (Å²) in [5.74, 6) is 0.788. The fraction of sp³-hybridized carbons (Fsp3) is 0.818. The third-order valence-electron chi connectivity index (χ3n) is 2.18. The second-order valence-electron chi connectivity index (χ2n) is 3.74. The molecule has 0 aliphatic heterocycles. The Morgan fingerprint density at radius 3 is 2.62 bits per heavy atom. The van der Waals surface area contributed by atoms with Crippen molar-refractivity contribution in [1.29, 1.82) is 0 Å². The first kappa shape index (κ1) is 15.3. The first-order valence-corrected chi connectivity index (χ1v) is 6.80. The molecule has 1 atom stereocenters. The van der Waals surface area contributed by atoms with Gasteiger partial charge in [-0.25, -0.2) is 0 Å². The van der Waals surface area contributed by atoms with Crippen LogP contribution >= 0.6 is 11.8 Å². The van der Waals surface area contributed by atoms with E-state index in [1.165, 1.54) is 0 Å². The van der Waals surface area contributed by atoms with Gasteiger partial charge in [-0.05, 0) is 6.42 Å². The maximum Gasteiger partial charge on any atom is 0.304 e.